The van der Waals surface area contributed by atoms with Crippen molar-refractivity contribution in [2.75, 3.05) is 52.4 Å². The molecule has 68 heavy (non-hydrogen) atoms. The maximum atomic E-state index is 2.73. The zero-order valence-corrected chi connectivity index (χ0v) is 49.9. The topological polar surface area (TPSA) is 19.4 Å². The van der Waals surface area contributed by atoms with E-state index in [4.69, 9.17) is 0 Å². The molecule has 3 saturated carbocycles. The van der Waals surface area contributed by atoms with Crippen molar-refractivity contribution in [3.05, 3.63) is 35.4 Å². The number of hydrogen-bond acceptors (Lipinski definition) is 6. The lowest BCUT2D eigenvalue weighted by atomic mass is 9.90. The van der Waals surface area contributed by atoms with Crippen LogP contribution in [-0.4, -0.2) is 136 Å². The van der Waals surface area contributed by atoms with Crippen LogP contribution in [0.5, 0.6) is 0 Å². The second-order valence-electron chi connectivity index (χ2n) is 21.9. The fourth-order valence-electron chi connectivity index (χ4n) is 12.8. The van der Waals surface area contributed by atoms with Gasteiger partial charge < -0.3 is 0 Å². The summed E-state index contributed by atoms with van der Waals surface area (Å²) in [6, 6.07) is 16.3. The minimum Gasteiger partial charge on any atom is -0.298 e. The molecule has 0 spiro atoms. The number of benzene rings is 1. The van der Waals surface area contributed by atoms with Gasteiger partial charge in [0.25, 0.3) is 0 Å². The number of rotatable bonds is 5. The van der Waals surface area contributed by atoms with Gasteiger partial charge in [-0.3, -0.25) is 29.4 Å². The maximum Gasteiger partial charge on any atom is 0.0239 e. The molecule has 6 heterocycles. The molecule has 1 aromatic carbocycles. The van der Waals surface area contributed by atoms with Crippen LogP contribution in [0.3, 0.4) is 0 Å². The molecule has 0 N–H and O–H groups in total. The summed E-state index contributed by atoms with van der Waals surface area (Å²) in [5, 5.41) is 0. The van der Waals surface area contributed by atoms with Crippen LogP contribution in [0.2, 0.25) is 0 Å². The number of hydrogen-bond donors (Lipinski definition) is 0. The molecule has 6 heteroatoms. The Kier molecular flexibility index (Phi) is 35.2. The predicted molar refractivity (Wildman–Crippen MR) is 306 cm³/mol. The van der Waals surface area contributed by atoms with Gasteiger partial charge in [0.15, 0.2) is 0 Å². The number of likely N-dealkylation sites (tertiary alicyclic amines) is 3. The Morgan fingerprint density at radius 2 is 0.794 bits per heavy atom. The Labute approximate surface area is 428 Å². The van der Waals surface area contributed by atoms with E-state index < -0.39 is 0 Å². The van der Waals surface area contributed by atoms with Crippen molar-refractivity contribution < 1.29 is 0 Å². The summed E-state index contributed by atoms with van der Waals surface area (Å²) in [7, 11) is 0. The smallest absolute Gasteiger partial charge is 0.0239 e. The lowest BCUT2D eigenvalue weighted by Crippen LogP contribution is -2.52. The summed E-state index contributed by atoms with van der Waals surface area (Å²) in [5.74, 6) is 3.16. The van der Waals surface area contributed by atoms with E-state index in [0.29, 0.717) is 6.04 Å². The molecule has 0 radical (unpaired) electrons. The van der Waals surface area contributed by atoms with Crippen molar-refractivity contribution in [2.45, 2.75) is 296 Å². The van der Waals surface area contributed by atoms with Gasteiger partial charge in [-0.2, -0.15) is 0 Å². The average Bonchev–Trinajstić information content (AvgIpc) is 4.22. The largest absolute Gasteiger partial charge is 0.298 e. The van der Waals surface area contributed by atoms with Gasteiger partial charge >= 0.3 is 0 Å². The van der Waals surface area contributed by atoms with Crippen LogP contribution < -0.4 is 0 Å². The van der Waals surface area contributed by atoms with Crippen LogP contribution in [0.15, 0.2) is 24.3 Å². The molecule has 8 fully saturated rings. The highest BCUT2D eigenvalue weighted by Gasteiger charge is 2.39. The third kappa shape index (κ3) is 21.2. The highest BCUT2D eigenvalue weighted by Crippen LogP contribution is 2.39. The molecule has 1 aromatic rings. The molecule has 10 rings (SSSR count). The average molecular weight is 954 g/mol. The monoisotopic (exact) mass is 953 g/mol. The zero-order chi connectivity index (χ0) is 51.3. The molecule has 3 aliphatic carbocycles. The summed E-state index contributed by atoms with van der Waals surface area (Å²) in [6.07, 6.45) is 21.9. The van der Waals surface area contributed by atoms with Crippen molar-refractivity contribution in [1.82, 2.24) is 29.4 Å². The molecule has 9 aliphatic rings. The van der Waals surface area contributed by atoms with E-state index in [1.165, 1.54) is 154 Å². The Balaban J connectivity index is 0.000000406. The lowest BCUT2D eigenvalue weighted by Gasteiger charge is -2.39. The van der Waals surface area contributed by atoms with Crippen LogP contribution in [-0.2, 0) is 13.0 Å². The van der Waals surface area contributed by atoms with Crippen LogP contribution in [0.25, 0.3) is 0 Å². The molecule has 7 unspecified atom stereocenters. The number of nitrogens with zero attached hydrogens (tertiary/aromatic N) is 6. The first-order valence-electron chi connectivity index (χ1n) is 30.4. The predicted octanol–water partition coefficient (Wildman–Crippen LogP) is 15.6. The summed E-state index contributed by atoms with van der Waals surface area (Å²) in [5.41, 5.74) is 3.06. The van der Waals surface area contributed by atoms with E-state index in [9.17, 15) is 0 Å². The van der Waals surface area contributed by atoms with Gasteiger partial charge in [-0.15, -0.1) is 0 Å². The summed E-state index contributed by atoms with van der Waals surface area (Å²) >= 11 is 0. The van der Waals surface area contributed by atoms with Gasteiger partial charge in [-0.05, 0) is 182 Å². The second-order valence-corrected chi connectivity index (χ2v) is 21.9. The second kappa shape index (κ2) is 36.8. The van der Waals surface area contributed by atoms with E-state index in [-0.39, 0.29) is 0 Å². The Morgan fingerprint density at radius 1 is 0.368 bits per heavy atom. The van der Waals surface area contributed by atoms with Crippen LogP contribution in [0.4, 0.5) is 0 Å². The SMILES string of the molecule is CC.CC.CC.CC.CC.CC(C)N1CC2CCC1C2.CC(C)N1CC2CCCC1C2.CC(C)N1CC2CCCCC1C2.CC(C)N1CCN2CCCC2C1.CC(C)N1CCc2ccccc2C1. The molecule has 0 aromatic heterocycles. The first kappa shape index (κ1) is 65.0. The molecule has 402 valence electrons. The maximum absolute atomic E-state index is 2.73. The van der Waals surface area contributed by atoms with E-state index in [1.54, 1.807) is 5.56 Å². The molecular formula is C62H124N6. The highest BCUT2D eigenvalue weighted by molar-refractivity contribution is 5.29. The van der Waals surface area contributed by atoms with Crippen molar-refractivity contribution in [3.63, 3.8) is 0 Å². The molecular weight excluding hydrogens is 829 g/mol. The van der Waals surface area contributed by atoms with Gasteiger partial charge in [0.05, 0.1) is 0 Å². The quantitative estimate of drug-likeness (QED) is 0.291. The summed E-state index contributed by atoms with van der Waals surface area (Å²) in [6.45, 7) is 55.0. The fourth-order valence-corrected chi connectivity index (χ4v) is 12.8. The molecule has 0 amide bonds. The molecule has 7 atom stereocenters. The Morgan fingerprint density at radius 3 is 1.26 bits per heavy atom. The minimum absolute atomic E-state index is 0.674. The van der Waals surface area contributed by atoms with Crippen LogP contribution in [0.1, 0.15) is 239 Å². The molecule has 5 saturated heterocycles. The minimum atomic E-state index is 0.674. The van der Waals surface area contributed by atoms with E-state index >= 15 is 0 Å². The van der Waals surface area contributed by atoms with E-state index in [0.717, 1.165) is 72.6 Å². The van der Waals surface area contributed by atoms with Crippen molar-refractivity contribution in [2.24, 2.45) is 17.8 Å². The Hall–Kier alpha value is -1.02. The zero-order valence-electron chi connectivity index (χ0n) is 49.9. The van der Waals surface area contributed by atoms with Gasteiger partial charge in [-0.1, -0.05) is 113 Å². The number of piperidine rings is 1. The highest BCUT2D eigenvalue weighted by atomic mass is 15.3. The standard InChI is InChI=1S/C12H17N.C11H21N.C10H20N2.C10H19N.C9H17N.5C2H6/c1-10(2)13-8-7-11-5-3-4-6-12(11)9-13;1-9(2)12-8-10-5-3-4-6-11(12)7-10;1-9(2)12-7-6-11-5-3-4-10(11)8-12;1-8(2)11-7-9-4-3-5-10(11)6-9;1-7(2)10-6-8-3-4-9(10)5-8;5*1-2/h3-6,10H,7-9H2,1-2H3;9-11H,3-8H2,1-2H3;9-10H,3-8H2,1-2H3;8-10H,3-7H2,1-2H3;7-9H,3-6H2,1-2H3;5*1-2H3. The summed E-state index contributed by atoms with van der Waals surface area (Å²) in [4.78, 5) is 15.9. The van der Waals surface area contributed by atoms with Gasteiger partial charge in [0.1, 0.15) is 0 Å². The third-order valence-corrected chi connectivity index (χ3v) is 16.3. The Bertz CT molecular complexity index is 1330. The van der Waals surface area contributed by atoms with Crippen molar-refractivity contribution in [1.29, 1.82) is 0 Å². The van der Waals surface area contributed by atoms with E-state index in [2.05, 4.69) is 123 Å². The number of piperazine rings is 1. The first-order valence-corrected chi connectivity index (χ1v) is 30.4. The third-order valence-electron chi connectivity index (χ3n) is 16.3. The van der Waals surface area contributed by atoms with E-state index in [1.807, 2.05) is 69.2 Å². The van der Waals surface area contributed by atoms with Gasteiger partial charge in [-0.25, -0.2) is 0 Å². The normalized spacial score (nSPS) is 28.2. The number of fused-ring (bicyclic) bond motifs is 8. The van der Waals surface area contributed by atoms with Crippen LogP contribution in [0, 0.1) is 17.8 Å². The fraction of sp³-hybridized carbons (Fsp3) is 0.903. The molecule has 6 bridgehead atoms. The van der Waals surface area contributed by atoms with Crippen molar-refractivity contribution >= 4 is 0 Å². The first-order chi connectivity index (χ1) is 32.9. The summed E-state index contributed by atoms with van der Waals surface area (Å²) < 4.78 is 0. The van der Waals surface area contributed by atoms with Crippen molar-refractivity contribution in [3.8, 4) is 0 Å². The lowest BCUT2D eigenvalue weighted by molar-refractivity contribution is 0.0827. The van der Waals surface area contributed by atoms with Gasteiger partial charge in [0, 0.05) is 107 Å². The molecule has 6 nitrogen and oxygen atoms in total. The molecule has 6 aliphatic heterocycles. The van der Waals surface area contributed by atoms with Gasteiger partial charge in [0.2, 0.25) is 0 Å². The van der Waals surface area contributed by atoms with Crippen LogP contribution >= 0.6 is 0 Å².